The summed E-state index contributed by atoms with van der Waals surface area (Å²) in [7, 11) is 0. The third kappa shape index (κ3) is 2.91. The summed E-state index contributed by atoms with van der Waals surface area (Å²) < 4.78 is 5.29. The van der Waals surface area contributed by atoms with E-state index in [1.54, 1.807) is 6.20 Å². The zero-order chi connectivity index (χ0) is 14.7. The van der Waals surface area contributed by atoms with Crippen LogP contribution in [0.4, 0.5) is 5.69 Å². The maximum atomic E-state index is 5.92. The van der Waals surface area contributed by atoms with Crippen molar-refractivity contribution in [1.29, 1.82) is 0 Å². The van der Waals surface area contributed by atoms with E-state index in [9.17, 15) is 0 Å². The molecular weight excluding hydrogens is 264 g/mol. The minimum absolute atomic E-state index is 0.532. The normalized spacial score (nSPS) is 10.7. The average molecular weight is 280 g/mol. The highest BCUT2D eigenvalue weighted by atomic mass is 16.5. The van der Waals surface area contributed by atoms with Crippen LogP contribution in [-0.2, 0) is 12.8 Å². The zero-order valence-corrected chi connectivity index (χ0v) is 11.8. The van der Waals surface area contributed by atoms with Gasteiger partial charge in [0, 0.05) is 18.3 Å². The average Bonchev–Trinajstić information content (AvgIpc) is 2.96. The van der Waals surface area contributed by atoms with Gasteiger partial charge in [0.2, 0.25) is 11.7 Å². The van der Waals surface area contributed by atoms with Crippen LogP contribution in [-0.4, -0.2) is 15.1 Å². The molecule has 1 aromatic carbocycles. The van der Waals surface area contributed by atoms with E-state index in [1.807, 2.05) is 43.3 Å². The van der Waals surface area contributed by atoms with Gasteiger partial charge in [0.1, 0.15) is 5.69 Å². The molecule has 0 amide bonds. The van der Waals surface area contributed by atoms with Crippen LogP contribution in [0.5, 0.6) is 0 Å². The molecule has 21 heavy (non-hydrogen) atoms. The van der Waals surface area contributed by atoms with Gasteiger partial charge in [-0.15, -0.1) is 0 Å². The third-order valence-corrected chi connectivity index (χ3v) is 3.35. The fourth-order valence-electron chi connectivity index (χ4n) is 2.18. The third-order valence-electron chi connectivity index (χ3n) is 3.35. The highest BCUT2D eigenvalue weighted by molar-refractivity contribution is 5.53. The molecule has 0 saturated carbocycles. The van der Waals surface area contributed by atoms with Crippen LogP contribution >= 0.6 is 0 Å². The Bertz CT molecular complexity index is 751. The number of hydrogen-bond acceptors (Lipinski definition) is 5. The summed E-state index contributed by atoms with van der Waals surface area (Å²) in [5.74, 6) is 1.13. The van der Waals surface area contributed by atoms with Crippen molar-refractivity contribution in [2.24, 2.45) is 0 Å². The topological polar surface area (TPSA) is 77.8 Å². The van der Waals surface area contributed by atoms with Crippen molar-refractivity contribution >= 4 is 5.69 Å². The second-order valence-electron chi connectivity index (χ2n) is 4.88. The van der Waals surface area contributed by atoms with E-state index in [4.69, 9.17) is 10.3 Å². The van der Waals surface area contributed by atoms with Gasteiger partial charge in [0.25, 0.3) is 0 Å². The van der Waals surface area contributed by atoms with Gasteiger partial charge in [-0.3, -0.25) is 4.98 Å². The first-order valence-corrected chi connectivity index (χ1v) is 6.82. The van der Waals surface area contributed by atoms with E-state index >= 15 is 0 Å². The second kappa shape index (κ2) is 5.75. The minimum atomic E-state index is 0.532. The molecule has 2 aromatic heterocycles. The molecule has 0 atom stereocenters. The summed E-state index contributed by atoms with van der Waals surface area (Å²) in [6.07, 6.45) is 3.16. The van der Waals surface area contributed by atoms with Crippen molar-refractivity contribution in [2.45, 2.75) is 19.8 Å². The zero-order valence-electron chi connectivity index (χ0n) is 11.8. The number of benzene rings is 1. The molecule has 0 spiro atoms. The molecule has 5 heteroatoms. The number of nitrogen functional groups attached to an aromatic ring is 1. The molecule has 106 valence electrons. The Morgan fingerprint density at radius 3 is 2.76 bits per heavy atom. The van der Waals surface area contributed by atoms with Crippen LogP contribution in [0.1, 0.15) is 17.0 Å². The highest BCUT2D eigenvalue weighted by Gasteiger charge is 2.12. The van der Waals surface area contributed by atoms with E-state index < -0.39 is 0 Å². The smallest absolute Gasteiger partial charge is 0.227 e. The van der Waals surface area contributed by atoms with Crippen molar-refractivity contribution in [3.63, 3.8) is 0 Å². The lowest BCUT2D eigenvalue weighted by Gasteiger charge is -2.02. The minimum Gasteiger partial charge on any atom is -0.399 e. The van der Waals surface area contributed by atoms with Gasteiger partial charge >= 0.3 is 0 Å². The van der Waals surface area contributed by atoms with Gasteiger partial charge in [-0.1, -0.05) is 29.4 Å². The maximum absolute atomic E-state index is 5.92. The fraction of sp³-hybridized carbons (Fsp3) is 0.188. The number of hydrogen-bond donors (Lipinski definition) is 1. The quantitative estimate of drug-likeness (QED) is 0.743. The number of pyridine rings is 1. The van der Waals surface area contributed by atoms with Crippen LogP contribution in [0.15, 0.2) is 47.1 Å². The molecule has 0 unspecified atom stereocenters. The molecule has 0 bridgehead atoms. The van der Waals surface area contributed by atoms with Crippen LogP contribution < -0.4 is 5.73 Å². The molecule has 3 aromatic rings. The number of aryl methyl sites for hydroxylation is 3. The van der Waals surface area contributed by atoms with Gasteiger partial charge in [-0.05, 0) is 36.6 Å². The SMILES string of the molecule is Cc1cccnc1-c1noc(CCc2ccccc2N)n1. The summed E-state index contributed by atoms with van der Waals surface area (Å²) in [4.78, 5) is 8.69. The Morgan fingerprint density at radius 2 is 1.95 bits per heavy atom. The predicted octanol–water partition coefficient (Wildman–Crippen LogP) is 2.81. The van der Waals surface area contributed by atoms with Gasteiger partial charge in [-0.25, -0.2) is 0 Å². The van der Waals surface area contributed by atoms with Crippen molar-refractivity contribution in [1.82, 2.24) is 15.1 Å². The van der Waals surface area contributed by atoms with Crippen LogP contribution in [0.25, 0.3) is 11.5 Å². The molecule has 3 rings (SSSR count). The molecule has 0 radical (unpaired) electrons. The molecule has 0 fully saturated rings. The number of anilines is 1. The molecule has 2 N–H and O–H groups in total. The number of para-hydroxylation sites is 1. The molecule has 5 nitrogen and oxygen atoms in total. The van der Waals surface area contributed by atoms with E-state index in [0.717, 1.165) is 28.9 Å². The number of aromatic nitrogens is 3. The van der Waals surface area contributed by atoms with Crippen molar-refractivity contribution in [3.8, 4) is 11.5 Å². The molecule has 0 aliphatic carbocycles. The largest absolute Gasteiger partial charge is 0.399 e. The molecule has 2 heterocycles. The predicted molar refractivity (Wildman–Crippen MR) is 80.5 cm³/mol. The molecule has 0 saturated heterocycles. The summed E-state index contributed by atoms with van der Waals surface area (Å²) >= 11 is 0. The first-order chi connectivity index (χ1) is 10.2. The molecule has 0 aliphatic rings. The first kappa shape index (κ1) is 13.3. The first-order valence-electron chi connectivity index (χ1n) is 6.82. The lowest BCUT2D eigenvalue weighted by atomic mass is 10.1. The van der Waals surface area contributed by atoms with E-state index in [2.05, 4.69) is 15.1 Å². The van der Waals surface area contributed by atoms with Crippen molar-refractivity contribution in [2.75, 3.05) is 5.73 Å². The van der Waals surface area contributed by atoms with Gasteiger partial charge < -0.3 is 10.3 Å². The van der Waals surface area contributed by atoms with E-state index in [0.29, 0.717) is 18.1 Å². The Hall–Kier alpha value is -2.69. The van der Waals surface area contributed by atoms with Crippen LogP contribution in [0.3, 0.4) is 0 Å². The summed E-state index contributed by atoms with van der Waals surface area (Å²) in [5.41, 5.74) is 9.58. The van der Waals surface area contributed by atoms with Gasteiger partial charge in [0.15, 0.2) is 0 Å². The van der Waals surface area contributed by atoms with Gasteiger partial charge in [0.05, 0.1) is 0 Å². The van der Waals surface area contributed by atoms with Crippen LogP contribution in [0.2, 0.25) is 0 Å². The lowest BCUT2D eigenvalue weighted by molar-refractivity contribution is 0.379. The number of rotatable bonds is 4. The van der Waals surface area contributed by atoms with Gasteiger partial charge in [-0.2, -0.15) is 4.98 Å². The fourth-order valence-corrected chi connectivity index (χ4v) is 2.18. The van der Waals surface area contributed by atoms with E-state index in [-0.39, 0.29) is 0 Å². The monoisotopic (exact) mass is 280 g/mol. The summed E-state index contributed by atoms with van der Waals surface area (Å²) in [5, 5.41) is 4.00. The second-order valence-corrected chi connectivity index (χ2v) is 4.88. The number of nitrogens with zero attached hydrogens (tertiary/aromatic N) is 3. The Morgan fingerprint density at radius 1 is 1.10 bits per heavy atom. The Labute approximate surface area is 122 Å². The molecule has 0 aliphatic heterocycles. The number of nitrogens with two attached hydrogens (primary N) is 1. The Balaban J connectivity index is 1.74. The Kier molecular flexibility index (Phi) is 3.64. The molecular formula is C16H16N4O. The maximum Gasteiger partial charge on any atom is 0.227 e. The standard InChI is InChI=1S/C16H16N4O/c1-11-5-4-10-18-15(11)16-19-14(21-20-16)9-8-12-6-2-3-7-13(12)17/h2-7,10H,8-9,17H2,1H3. The lowest BCUT2D eigenvalue weighted by Crippen LogP contribution is -1.97. The van der Waals surface area contributed by atoms with E-state index in [1.165, 1.54) is 0 Å². The summed E-state index contributed by atoms with van der Waals surface area (Å²) in [6.45, 7) is 1.98. The van der Waals surface area contributed by atoms with Crippen LogP contribution in [0, 0.1) is 6.92 Å². The van der Waals surface area contributed by atoms with Crippen molar-refractivity contribution in [3.05, 3.63) is 59.6 Å². The summed E-state index contributed by atoms with van der Waals surface area (Å²) in [6, 6.07) is 11.7. The van der Waals surface area contributed by atoms with Crippen molar-refractivity contribution < 1.29 is 4.52 Å². The highest BCUT2D eigenvalue weighted by Crippen LogP contribution is 2.18.